The number of hydrogen-bond acceptors (Lipinski definition) is 6. The third kappa shape index (κ3) is 3.22. The van der Waals surface area contributed by atoms with E-state index in [1.54, 1.807) is 0 Å². The molecule has 1 aromatic heterocycles. The highest BCUT2D eigenvalue weighted by atomic mass is 15.3. The minimum absolute atomic E-state index is 0.291. The third-order valence-corrected chi connectivity index (χ3v) is 3.70. The van der Waals surface area contributed by atoms with Crippen molar-refractivity contribution in [2.24, 2.45) is 0 Å². The molecule has 3 rings (SSSR count). The van der Waals surface area contributed by atoms with Crippen LogP contribution in [-0.2, 0) is 0 Å². The lowest BCUT2D eigenvalue weighted by Crippen LogP contribution is -2.30. The van der Waals surface area contributed by atoms with Crippen LogP contribution in [0.15, 0.2) is 36.4 Å². The molecule has 0 unspecified atom stereocenters. The molecule has 1 saturated heterocycles. The second kappa shape index (κ2) is 5.97. The number of likely N-dealkylation sites (N-methyl/N-ethyl adjacent to an activating group) is 1. The van der Waals surface area contributed by atoms with E-state index in [0.717, 1.165) is 36.8 Å². The lowest BCUT2D eigenvalue weighted by Gasteiger charge is -2.18. The van der Waals surface area contributed by atoms with Crippen LogP contribution in [-0.4, -0.2) is 36.1 Å². The van der Waals surface area contributed by atoms with Gasteiger partial charge in [-0.1, -0.05) is 18.2 Å². The Bertz CT molecular complexity index is 600. The van der Waals surface area contributed by atoms with Crippen molar-refractivity contribution >= 4 is 23.3 Å². The van der Waals surface area contributed by atoms with Crippen LogP contribution in [0.5, 0.6) is 0 Å². The van der Waals surface area contributed by atoms with E-state index < -0.39 is 0 Å². The van der Waals surface area contributed by atoms with Crippen LogP contribution in [0.3, 0.4) is 0 Å². The Morgan fingerprint density at radius 1 is 1.24 bits per heavy atom. The van der Waals surface area contributed by atoms with Crippen LogP contribution >= 0.6 is 0 Å². The van der Waals surface area contributed by atoms with Gasteiger partial charge < -0.3 is 21.3 Å². The molecule has 1 fully saturated rings. The number of nitrogens with one attached hydrogen (secondary N) is 2. The fourth-order valence-electron chi connectivity index (χ4n) is 2.55. The molecular weight excluding hydrogens is 264 g/mol. The first kappa shape index (κ1) is 13.6. The summed E-state index contributed by atoms with van der Waals surface area (Å²) in [4.78, 5) is 10.8. The SMILES string of the molecule is CN[C@@H]1CCN(c2cc(Nc3ccccc3)nc(N)n2)C1. The summed E-state index contributed by atoms with van der Waals surface area (Å²) in [5, 5.41) is 6.56. The van der Waals surface area contributed by atoms with Crippen molar-refractivity contribution in [2.45, 2.75) is 12.5 Å². The maximum absolute atomic E-state index is 5.84. The number of nitrogens with two attached hydrogens (primary N) is 1. The molecule has 0 aliphatic carbocycles. The normalized spacial score (nSPS) is 18.0. The summed E-state index contributed by atoms with van der Waals surface area (Å²) in [5.74, 6) is 1.88. The van der Waals surface area contributed by atoms with E-state index in [0.29, 0.717) is 12.0 Å². The number of rotatable bonds is 4. The van der Waals surface area contributed by atoms with E-state index in [1.165, 1.54) is 0 Å². The molecule has 6 nitrogen and oxygen atoms in total. The van der Waals surface area contributed by atoms with Gasteiger partial charge in [-0.25, -0.2) is 0 Å². The summed E-state index contributed by atoms with van der Waals surface area (Å²) >= 11 is 0. The molecule has 1 aliphatic heterocycles. The van der Waals surface area contributed by atoms with Crippen molar-refractivity contribution in [3.8, 4) is 0 Å². The van der Waals surface area contributed by atoms with Gasteiger partial charge in [-0.3, -0.25) is 0 Å². The second-order valence-electron chi connectivity index (χ2n) is 5.18. The van der Waals surface area contributed by atoms with Gasteiger partial charge in [0.05, 0.1) is 0 Å². The van der Waals surface area contributed by atoms with E-state index in [-0.39, 0.29) is 0 Å². The van der Waals surface area contributed by atoms with Gasteiger partial charge in [-0.15, -0.1) is 0 Å². The summed E-state index contributed by atoms with van der Waals surface area (Å²) in [5.41, 5.74) is 6.83. The molecule has 6 heteroatoms. The number of benzene rings is 1. The van der Waals surface area contributed by atoms with E-state index in [1.807, 2.05) is 43.4 Å². The molecule has 0 amide bonds. The Balaban J connectivity index is 1.80. The second-order valence-corrected chi connectivity index (χ2v) is 5.18. The molecule has 0 saturated carbocycles. The third-order valence-electron chi connectivity index (χ3n) is 3.70. The monoisotopic (exact) mass is 284 g/mol. The first-order chi connectivity index (χ1) is 10.2. The molecular formula is C15H20N6. The van der Waals surface area contributed by atoms with E-state index >= 15 is 0 Å². The van der Waals surface area contributed by atoms with Crippen molar-refractivity contribution in [1.82, 2.24) is 15.3 Å². The summed E-state index contributed by atoms with van der Waals surface area (Å²) in [6, 6.07) is 12.4. The zero-order chi connectivity index (χ0) is 14.7. The topological polar surface area (TPSA) is 79.1 Å². The predicted octanol–water partition coefficient (Wildman–Crippen LogP) is 1.60. The van der Waals surface area contributed by atoms with Gasteiger partial charge in [0.15, 0.2) is 0 Å². The lowest BCUT2D eigenvalue weighted by atomic mass is 10.3. The Morgan fingerprint density at radius 2 is 2.05 bits per heavy atom. The van der Waals surface area contributed by atoms with Crippen molar-refractivity contribution in [3.63, 3.8) is 0 Å². The van der Waals surface area contributed by atoms with Gasteiger partial charge in [-0.05, 0) is 25.6 Å². The average Bonchev–Trinajstić information content (AvgIpc) is 2.97. The van der Waals surface area contributed by atoms with Gasteiger partial charge in [0, 0.05) is 30.9 Å². The highest BCUT2D eigenvalue weighted by Gasteiger charge is 2.22. The number of nitrogens with zero attached hydrogens (tertiary/aromatic N) is 3. The average molecular weight is 284 g/mol. The molecule has 21 heavy (non-hydrogen) atoms. The predicted molar refractivity (Wildman–Crippen MR) is 85.8 cm³/mol. The van der Waals surface area contributed by atoms with Crippen molar-refractivity contribution in [1.29, 1.82) is 0 Å². The van der Waals surface area contributed by atoms with E-state index in [9.17, 15) is 0 Å². The number of aromatic nitrogens is 2. The van der Waals surface area contributed by atoms with Gasteiger partial charge in [0.25, 0.3) is 0 Å². The fraction of sp³-hybridized carbons (Fsp3) is 0.333. The zero-order valence-corrected chi connectivity index (χ0v) is 12.1. The Morgan fingerprint density at radius 3 is 2.76 bits per heavy atom. The van der Waals surface area contributed by atoms with Gasteiger partial charge >= 0.3 is 0 Å². The van der Waals surface area contributed by atoms with Gasteiger partial charge in [-0.2, -0.15) is 9.97 Å². The molecule has 110 valence electrons. The zero-order valence-electron chi connectivity index (χ0n) is 12.1. The van der Waals surface area contributed by atoms with Crippen molar-refractivity contribution < 1.29 is 0 Å². The molecule has 2 heterocycles. The van der Waals surface area contributed by atoms with E-state index in [2.05, 4.69) is 25.5 Å². The van der Waals surface area contributed by atoms with Crippen LogP contribution in [0, 0.1) is 0 Å². The minimum Gasteiger partial charge on any atom is -0.368 e. The van der Waals surface area contributed by atoms with Crippen LogP contribution in [0.1, 0.15) is 6.42 Å². The first-order valence-electron chi connectivity index (χ1n) is 7.13. The Labute approximate surface area is 124 Å². The number of anilines is 4. The maximum Gasteiger partial charge on any atom is 0.223 e. The van der Waals surface area contributed by atoms with Crippen LogP contribution in [0.4, 0.5) is 23.3 Å². The summed E-state index contributed by atoms with van der Waals surface area (Å²) in [6.07, 6.45) is 1.11. The quantitative estimate of drug-likeness (QED) is 0.791. The molecule has 0 spiro atoms. The Hall–Kier alpha value is -2.34. The fourth-order valence-corrected chi connectivity index (χ4v) is 2.55. The summed E-state index contributed by atoms with van der Waals surface area (Å²) < 4.78 is 0. The highest BCUT2D eigenvalue weighted by molar-refractivity contribution is 5.61. The highest BCUT2D eigenvalue weighted by Crippen LogP contribution is 2.23. The Kier molecular flexibility index (Phi) is 3.87. The standard InChI is InChI=1S/C15H20N6/c1-17-12-7-8-21(10-12)14-9-13(19-15(16)20-14)18-11-5-3-2-4-6-11/h2-6,9,12,17H,7-8,10H2,1H3,(H3,16,18,19,20)/t12-/m1/s1. The molecule has 1 aromatic carbocycles. The largest absolute Gasteiger partial charge is 0.368 e. The number of hydrogen-bond donors (Lipinski definition) is 3. The molecule has 2 aromatic rings. The smallest absolute Gasteiger partial charge is 0.223 e. The van der Waals surface area contributed by atoms with Crippen molar-refractivity contribution in [3.05, 3.63) is 36.4 Å². The maximum atomic E-state index is 5.84. The molecule has 1 aliphatic rings. The lowest BCUT2D eigenvalue weighted by molar-refractivity contribution is 0.616. The summed E-state index contributed by atoms with van der Waals surface area (Å²) in [6.45, 7) is 1.92. The first-order valence-corrected chi connectivity index (χ1v) is 7.13. The van der Waals surface area contributed by atoms with E-state index in [4.69, 9.17) is 5.73 Å². The van der Waals surface area contributed by atoms with Crippen LogP contribution in [0.25, 0.3) is 0 Å². The van der Waals surface area contributed by atoms with Crippen molar-refractivity contribution in [2.75, 3.05) is 36.1 Å². The van der Waals surface area contributed by atoms with Gasteiger partial charge in [0.2, 0.25) is 5.95 Å². The molecule has 0 bridgehead atoms. The molecule has 0 radical (unpaired) electrons. The van der Waals surface area contributed by atoms with Gasteiger partial charge in [0.1, 0.15) is 11.6 Å². The number of para-hydroxylation sites is 1. The van der Waals surface area contributed by atoms with Crippen LogP contribution < -0.4 is 21.3 Å². The summed E-state index contributed by atoms with van der Waals surface area (Å²) in [7, 11) is 1.99. The molecule has 1 atom stereocenters. The number of nitrogen functional groups attached to an aromatic ring is 1. The minimum atomic E-state index is 0.291. The van der Waals surface area contributed by atoms with Crippen LogP contribution in [0.2, 0.25) is 0 Å². The molecule has 4 N–H and O–H groups in total.